The summed E-state index contributed by atoms with van der Waals surface area (Å²) in [7, 11) is 0. The van der Waals surface area contributed by atoms with Gasteiger partial charge in [0.25, 0.3) is 0 Å². The molecule has 1 aromatic heterocycles. The van der Waals surface area contributed by atoms with Crippen molar-refractivity contribution in [1.82, 2.24) is 4.57 Å². The number of hydrogen-bond donors (Lipinski definition) is 1. The summed E-state index contributed by atoms with van der Waals surface area (Å²) in [5.41, 5.74) is 23.5. The highest BCUT2D eigenvalue weighted by molar-refractivity contribution is 6.08. The fraction of sp³-hybridized carbons (Fsp3) is 0.158. The van der Waals surface area contributed by atoms with Crippen molar-refractivity contribution in [2.45, 2.75) is 51.5 Å². The van der Waals surface area contributed by atoms with E-state index in [9.17, 15) is 0 Å². The van der Waals surface area contributed by atoms with Gasteiger partial charge in [-0.25, -0.2) is 4.99 Å². The van der Waals surface area contributed by atoms with Gasteiger partial charge in [0.1, 0.15) is 11.7 Å². The van der Waals surface area contributed by atoms with Crippen LogP contribution in [0.2, 0.25) is 0 Å². The maximum atomic E-state index is 6.70. The number of nitrogens with two attached hydrogens (primary N) is 1. The molecule has 2 heterocycles. The van der Waals surface area contributed by atoms with E-state index >= 15 is 0 Å². The number of rotatable bonds is 8. The van der Waals surface area contributed by atoms with Crippen LogP contribution in [0.5, 0.6) is 0 Å². The van der Waals surface area contributed by atoms with E-state index in [1.807, 2.05) is 6.07 Å². The summed E-state index contributed by atoms with van der Waals surface area (Å²) in [5, 5.41) is 1.35. The standard InChI is InChI=1S/C57H51N5/c1-40-18-13-14-35-61(47-26-9-4-10-27-47)54-38-44(33-34-49(40)54)43-23-16-28-48(37-43)62-52-31-12-11-29-51(52)55-50(30-17-32-53(55)62)45-24-15-25-46(36-45)57(59-39-41-19-5-2-6-20-41)60-56(58)42-21-7-3-8-22-42/h2,4-7,9-10,12-15,17-27,30-35,37-38,46H,1,3,8,11,16,28-29,36,39H2,(H2,58,59,60)/b18-13-,35-14-. The number of allylic oxidation sites excluding steroid dienone is 14. The second kappa shape index (κ2) is 17.4. The second-order valence-electron chi connectivity index (χ2n) is 16.5. The van der Waals surface area contributed by atoms with Crippen molar-refractivity contribution >= 4 is 62.4 Å². The van der Waals surface area contributed by atoms with Crippen LogP contribution in [0.1, 0.15) is 72.0 Å². The summed E-state index contributed by atoms with van der Waals surface area (Å²) in [6.45, 7) is 4.98. The fourth-order valence-electron chi connectivity index (χ4n) is 9.44. The van der Waals surface area contributed by atoms with Crippen LogP contribution >= 0.6 is 0 Å². The molecule has 5 nitrogen and oxygen atoms in total. The van der Waals surface area contributed by atoms with Gasteiger partial charge < -0.3 is 15.2 Å². The number of benzene rings is 4. The minimum absolute atomic E-state index is 0.0148. The van der Waals surface area contributed by atoms with Crippen LogP contribution < -0.4 is 10.6 Å². The molecule has 2 N–H and O–H groups in total. The molecule has 0 fully saturated rings. The van der Waals surface area contributed by atoms with E-state index < -0.39 is 0 Å². The lowest BCUT2D eigenvalue weighted by Crippen LogP contribution is -2.21. The number of anilines is 2. The van der Waals surface area contributed by atoms with Gasteiger partial charge in [0.05, 0.1) is 17.7 Å². The highest BCUT2D eigenvalue weighted by Crippen LogP contribution is 2.43. The van der Waals surface area contributed by atoms with Crippen LogP contribution in [0.15, 0.2) is 198 Å². The first-order chi connectivity index (χ1) is 30.6. The number of hydrogen-bond acceptors (Lipinski definition) is 2. The van der Waals surface area contributed by atoms with Gasteiger partial charge in [-0.3, -0.25) is 4.99 Å². The van der Waals surface area contributed by atoms with E-state index in [2.05, 4.69) is 192 Å². The summed E-state index contributed by atoms with van der Waals surface area (Å²) < 4.78 is 2.55. The number of aliphatic imine (C=N–C) groups is 2. The monoisotopic (exact) mass is 805 g/mol. The zero-order valence-corrected chi connectivity index (χ0v) is 35.1. The average molecular weight is 806 g/mol. The quantitative estimate of drug-likeness (QED) is 0.125. The topological polar surface area (TPSA) is 58.9 Å². The van der Waals surface area contributed by atoms with E-state index in [0.717, 1.165) is 84.4 Å². The number of aryl methyl sites for hydroxylation is 1. The van der Waals surface area contributed by atoms with E-state index in [0.29, 0.717) is 12.4 Å². The van der Waals surface area contributed by atoms with Crippen molar-refractivity contribution < 1.29 is 0 Å². The Morgan fingerprint density at radius 3 is 2.48 bits per heavy atom. The summed E-state index contributed by atoms with van der Waals surface area (Å²) in [5.74, 6) is 1.28. The molecular weight excluding hydrogens is 755 g/mol. The lowest BCUT2D eigenvalue weighted by Gasteiger charge is -2.26. The number of fused-ring (bicyclic) bond motifs is 4. The summed E-state index contributed by atoms with van der Waals surface area (Å²) in [6.07, 6.45) is 37.8. The van der Waals surface area contributed by atoms with E-state index in [-0.39, 0.29) is 5.92 Å². The first-order valence-electron chi connectivity index (χ1n) is 22.0. The van der Waals surface area contributed by atoms with Crippen molar-refractivity contribution in [3.8, 4) is 0 Å². The maximum absolute atomic E-state index is 6.70. The third-order valence-corrected chi connectivity index (χ3v) is 12.5. The maximum Gasteiger partial charge on any atom is 0.133 e. The van der Waals surface area contributed by atoms with Gasteiger partial charge in [-0.05, 0) is 126 Å². The van der Waals surface area contributed by atoms with Crippen LogP contribution in [0.25, 0.3) is 39.4 Å². The van der Waals surface area contributed by atoms with Gasteiger partial charge in [0.15, 0.2) is 0 Å². The molecule has 0 spiro atoms. The molecule has 0 bridgehead atoms. The molecule has 4 aromatic carbocycles. The van der Waals surface area contributed by atoms with Crippen molar-refractivity contribution in [2.24, 2.45) is 21.6 Å². The lowest BCUT2D eigenvalue weighted by atomic mass is 9.86. The van der Waals surface area contributed by atoms with Crippen LogP contribution in [0.3, 0.4) is 0 Å². The molecular formula is C57H51N5. The van der Waals surface area contributed by atoms with E-state index in [4.69, 9.17) is 15.7 Å². The molecule has 1 atom stereocenters. The molecule has 5 aliphatic rings. The molecule has 5 heteroatoms. The van der Waals surface area contributed by atoms with Crippen molar-refractivity contribution in [3.05, 3.63) is 222 Å². The molecule has 0 saturated heterocycles. The van der Waals surface area contributed by atoms with Crippen LogP contribution in [-0.4, -0.2) is 16.2 Å². The zero-order chi connectivity index (χ0) is 41.8. The molecule has 0 radical (unpaired) electrons. The summed E-state index contributed by atoms with van der Waals surface area (Å²) >= 11 is 0. The van der Waals surface area contributed by atoms with Crippen molar-refractivity contribution in [3.63, 3.8) is 0 Å². The fourth-order valence-corrected chi connectivity index (χ4v) is 9.44. The Balaban J connectivity index is 1.01. The smallest absolute Gasteiger partial charge is 0.133 e. The van der Waals surface area contributed by atoms with Crippen LogP contribution in [0, 0.1) is 5.92 Å². The Morgan fingerprint density at radius 2 is 1.63 bits per heavy atom. The molecule has 0 amide bonds. The number of nitrogens with zero attached hydrogens (tertiary/aromatic N) is 4. The van der Waals surface area contributed by atoms with Gasteiger partial charge in [0, 0.05) is 45.7 Å². The van der Waals surface area contributed by atoms with Gasteiger partial charge in [-0.15, -0.1) is 0 Å². The molecule has 1 unspecified atom stereocenters. The van der Waals surface area contributed by atoms with Crippen LogP contribution in [-0.2, 0) is 13.0 Å². The predicted octanol–water partition coefficient (Wildman–Crippen LogP) is 13.7. The highest BCUT2D eigenvalue weighted by atomic mass is 15.1. The Kier molecular flexibility index (Phi) is 10.9. The van der Waals surface area contributed by atoms with Crippen molar-refractivity contribution in [1.29, 1.82) is 0 Å². The molecule has 62 heavy (non-hydrogen) atoms. The minimum atomic E-state index is -0.0148. The first-order valence-corrected chi connectivity index (χ1v) is 22.0. The lowest BCUT2D eigenvalue weighted by molar-refractivity contribution is 0.857. The van der Waals surface area contributed by atoms with Crippen molar-refractivity contribution in [2.75, 3.05) is 4.90 Å². The Labute approximate surface area is 365 Å². The Hall–Kier alpha value is -7.24. The highest BCUT2D eigenvalue weighted by Gasteiger charge is 2.26. The molecule has 5 aromatic rings. The molecule has 4 aliphatic carbocycles. The van der Waals surface area contributed by atoms with Crippen LogP contribution in [0.4, 0.5) is 11.4 Å². The average Bonchev–Trinajstić information content (AvgIpc) is 3.67. The van der Waals surface area contributed by atoms with E-state index in [1.165, 1.54) is 50.1 Å². The molecule has 304 valence electrons. The molecule has 10 rings (SSSR count). The summed E-state index contributed by atoms with van der Waals surface area (Å²) in [6, 6.07) is 34.7. The Morgan fingerprint density at radius 1 is 0.774 bits per heavy atom. The second-order valence-corrected chi connectivity index (χ2v) is 16.5. The summed E-state index contributed by atoms with van der Waals surface area (Å²) in [4.78, 5) is 12.5. The predicted molar refractivity (Wildman–Crippen MR) is 264 cm³/mol. The van der Waals surface area contributed by atoms with Gasteiger partial charge in [-0.2, -0.15) is 0 Å². The Bertz CT molecular complexity index is 2920. The third-order valence-electron chi connectivity index (χ3n) is 12.5. The number of para-hydroxylation sites is 1. The normalized spacial score (nSPS) is 19.8. The minimum Gasteiger partial charge on any atom is -0.383 e. The number of amidine groups is 2. The van der Waals surface area contributed by atoms with E-state index in [1.54, 1.807) is 0 Å². The SMILES string of the molecule is C=C1/C=C\C=C/N(c2ccccc2)c2cc(C3=CCCC(n4c5c(c6c(C7=CC=CC(C(/N=C(\N)C8=CCCC=C8)=N/Cc8ccccc8)C7)cccc64)CCC=C5)=C3)ccc21. The first kappa shape index (κ1) is 38.9. The van der Waals surface area contributed by atoms with Gasteiger partial charge >= 0.3 is 0 Å². The molecule has 0 saturated carbocycles. The number of aromatic nitrogens is 1. The largest absolute Gasteiger partial charge is 0.383 e. The van der Waals surface area contributed by atoms with Gasteiger partial charge in [0.2, 0.25) is 0 Å². The zero-order valence-electron chi connectivity index (χ0n) is 35.1. The molecule has 1 aliphatic heterocycles. The third kappa shape index (κ3) is 7.78. The van der Waals surface area contributed by atoms with Gasteiger partial charge in [-0.1, -0.05) is 140 Å².